The van der Waals surface area contributed by atoms with E-state index >= 15 is 0 Å². The van der Waals surface area contributed by atoms with Crippen molar-refractivity contribution < 1.29 is 5.11 Å². The van der Waals surface area contributed by atoms with Crippen molar-refractivity contribution in [2.45, 2.75) is 0 Å². The molecule has 1 heterocycles. The van der Waals surface area contributed by atoms with Gasteiger partial charge in [0.15, 0.2) is 0 Å². The van der Waals surface area contributed by atoms with Crippen LogP contribution in [-0.4, -0.2) is 26.1 Å². The molecule has 3 heteroatoms. The van der Waals surface area contributed by atoms with Gasteiger partial charge in [0.2, 0.25) is 0 Å². The van der Waals surface area contributed by atoms with Crippen molar-refractivity contribution in [1.82, 2.24) is 4.98 Å². The fourth-order valence-corrected chi connectivity index (χ4v) is 0.685. The molecule has 0 aliphatic rings. The Kier molecular flexibility index (Phi) is 1.51. The van der Waals surface area contributed by atoms with Crippen molar-refractivity contribution in [1.29, 1.82) is 0 Å². The van der Waals surface area contributed by atoms with Crippen LogP contribution in [0.3, 0.4) is 0 Å². The maximum atomic E-state index is 8.84. The Bertz CT molecular complexity index is 169. The second-order valence-corrected chi connectivity index (χ2v) is 2.23. The molecule has 0 fully saturated rings. The van der Waals surface area contributed by atoms with E-state index in [0.717, 1.165) is 0 Å². The van der Waals surface area contributed by atoms with Gasteiger partial charge in [-0.3, -0.25) is 0 Å². The van der Waals surface area contributed by atoms with Gasteiger partial charge in [0, 0.05) is 0 Å². The fourth-order valence-electron chi connectivity index (χ4n) is 0.388. The summed E-state index contributed by atoms with van der Waals surface area (Å²) in [5, 5.41) is 8.84. The average Bonchev–Trinajstić information content (AvgIpc) is 1.77. The molecule has 1 aromatic rings. The van der Waals surface area contributed by atoms with Crippen LogP contribution in [-0.2, 0) is 0 Å². The number of hydrogen-bond acceptors (Lipinski definition) is 2. The third-order valence-electron chi connectivity index (χ3n) is 0.766. The molecule has 1 aromatic heterocycles. The normalized spacial score (nSPS) is 9.12. The summed E-state index contributed by atoms with van der Waals surface area (Å²) in [6.07, 6.45) is 1.63. The van der Waals surface area contributed by atoms with E-state index in [1.807, 2.05) is 0 Å². The standard InChI is InChI=1S/C5H5NOSe/c7-4-2-1-3-6-5(4)8/h1-3,7H,(H,6,8). The molecule has 0 atom stereocenters. The van der Waals surface area contributed by atoms with Crippen LogP contribution in [0, 0.1) is 0 Å². The molecule has 0 saturated heterocycles. The summed E-state index contributed by atoms with van der Waals surface area (Å²) in [4.78, 5) is 3.80. The van der Waals surface area contributed by atoms with E-state index in [0.29, 0.717) is 4.59 Å². The third-order valence-corrected chi connectivity index (χ3v) is 1.49. The van der Waals surface area contributed by atoms with Crippen LogP contribution < -0.4 is 4.59 Å². The number of hydrogen-bond donors (Lipinski definition) is 1. The van der Waals surface area contributed by atoms with Gasteiger partial charge in [0.1, 0.15) is 0 Å². The molecule has 0 unspecified atom stereocenters. The van der Waals surface area contributed by atoms with Crippen LogP contribution in [0.15, 0.2) is 18.3 Å². The second kappa shape index (κ2) is 2.16. The van der Waals surface area contributed by atoms with E-state index in [4.69, 9.17) is 5.11 Å². The number of aromatic hydroxyl groups is 1. The Morgan fingerprint density at radius 1 is 1.62 bits per heavy atom. The molecular weight excluding hydrogens is 169 g/mol. The second-order valence-electron chi connectivity index (χ2n) is 1.35. The SMILES string of the molecule is Oc1cccnc1[SeH]. The molecule has 2 nitrogen and oxygen atoms in total. The van der Waals surface area contributed by atoms with E-state index in [2.05, 4.69) is 21.0 Å². The molecular formula is C5H5NOSe. The van der Waals surface area contributed by atoms with Gasteiger partial charge in [0.25, 0.3) is 0 Å². The Labute approximate surface area is 55.4 Å². The summed E-state index contributed by atoms with van der Waals surface area (Å²) < 4.78 is 0.611. The first-order valence-electron chi connectivity index (χ1n) is 2.13. The summed E-state index contributed by atoms with van der Waals surface area (Å²) in [6.45, 7) is 0. The van der Waals surface area contributed by atoms with Crippen molar-refractivity contribution in [2.75, 3.05) is 0 Å². The molecule has 0 aromatic carbocycles. The van der Waals surface area contributed by atoms with Crippen LogP contribution in [0.5, 0.6) is 5.75 Å². The molecule has 8 heavy (non-hydrogen) atoms. The molecule has 1 rings (SSSR count). The van der Waals surface area contributed by atoms with Crippen LogP contribution in [0.2, 0.25) is 0 Å². The zero-order chi connectivity index (χ0) is 5.98. The zero-order valence-corrected chi connectivity index (χ0v) is 5.95. The molecule has 0 saturated carbocycles. The summed E-state index contributed by atoms with van der Waals surface area (Å²) in [7, 11) is 0. The summed E-state index contributed by atoms with van der Waals surface area (Å²) in [5.41, 5.74) is 0. The zero-order valence-electron chi connectivity index (χ0n) is 4.07. The Hall–Kier alpha value is -0.531. The van der Waals surface area contributed by atoms with Crippen molar-refractivity contribution in [3.63, 3.8) is 0 Å². The first-order valence-corrected chi connectivity index (χ1v) is 3.07. The molecule has 0 spiro atoms. The van der Waals surface area contributed by atoms with Gasteiger partial charge in [-0.2, -0.15) is 0 Å². The van der Waals surface area contributed by atoms with Crippen molar-refractivity contribution in [3.8, 4) is 5.75 Å². The summed E-state index contributed by atoms with van der Waals surface area (Å²) in [6, 6.07) is 3.28. The summed E-state index contributed by atoms with van der Waals surface area (Å²) in [5.74, 6) is 0.229. The molecule has 0 bridgehead atoms. The van der Waals surface area contributed by atoms with Crippen molar-refractivity contribution in [3.05, 3.63) is 18.3 Å². The quantitative estimate of drug-likeness (QED) is 0.528. The third kappa shape index (κ3) is 0.997. The van der Waals surface area contributed by atoms with Gasteiger partial charge in [-0.05, 0) is 0 Å². The molecule has 0 aliphatic carbocycles. The molecule has 1 N–H and O–H groups in total. The van der Waals surface area contributed by atoms with Crippen molar-refractivity contribution in [2.24, 2.45) is 0 Å². The number of nitrogens with zero attached hydrogens (tertiary/aromatic N) is 1. The fraction of sp³-hybridized carbons (Fsp3) is 0. The first kappa shape index (κ1) is 5.60. The minimum absolute atomic E-state index is 0.229. The van der Waals surface area contributed by atoms with Crippen LogP contribution >= 0.6 is 0 Å². The van der Waals surface area contributed by atoms with E-state index < -0.39 is 0 Å². The topological polar surface area (TPSA) is 33.1 Å². The van der Waals surface area contributed by atoms with Gasteiger partial charge < -0.3 is 0 Å². The molecule has 0 aliphatic heterocycles. The monoisotopic (exact) mass is 175 g/mol. The van der Waals surface area contributed by atoms with Gasteiger partial charge in [-0.25, -0.2) is 0 Å². The van der Waals surface area contributed by atoms with Gasteiger partial charge in [0.05, 0.1) is 0 Å². The Morgan fingerprint density at radius 3 is 2.75 bits per heavy atom. The van der Waals surface area contributed by atoms with Crippen LogP contribution in [0.1, 0.15) is 0 Å². The Morgan fingerprint density at radius 2 is 2.38 bits per heavy atom. The van der Waals surface area contributed by atoms with Crippen molar-refractivity contribution >= 4 is 20.6 Å². The van der Waals surface area contributed by atoms with E-state index in [-0.39, 0.29) is 5.75 Å². The number of pyridine rings is 1. The van der Waals surface area contributed by atoms with E-state index in [1.54, 1.807) is 18.3 Å². The minimum atomic E-state index is 0.229. The molecule has 0 radical (unpaired) electrons. The molecule has 42 valence electrons. The number of aromatic nitrogens is 1. The molecule has 0 amide bonds. The number of rotatable bonds is 0. The summed E-state index contributed by atoms with van der Waals surface area (Å²) >= 11 is 2.18. The predicted molar refractivity (Wildman–Crippen MR) is 32.7 cm³/mol. The average molecular weight is 174 g/mol. The van der Waals surface area contributed by atoms with Crippen LogP contribution in [0.4, 0.5) is 0 Å². The van der Waals surface area contributed by atoms with Gasteiger partial charge in [-0.1, -0.05) is 0 Å². The Balaban J connectivity index is 3.13. The van der Waals surface area contributed by atoms with E-state index in [9.17, 15) is 0 Å². The first-order chi connectivity index (χ1) is 3.80. The van der Waals surface area contributed by atoms with Crippen LogP contribution in [0.25, 0.3) is 0 Å². The maximum absolute atomic E-state index is 8.84. The van der Waals surface area contributed by atoms with E-state index in [1.165, 1.54) is 0 Å². The van der Waals surface area contributed by atoms with Gasteiger partial charge in [-0.15, -0.1) is 0 Å². The predicted octanol–water partition coefficient (Wildman–Crippen LogP) is -0.687. The van der Waals surface area contributed by atoms with Gasteiger partial charge >= 0.3 is 54.8 Å².